The van der Waals surface area contributed by atoms with Gasteiger partial charge in [-0.15, -0.1) is 0 Å². The Bertz CT molecular complexity index is 1370. The van der Waals surface area contributed by atoms with E-state index in [9.17, 15) is 14.4 Å². The molecule has 201 valence electrons. The van der Waals surface area contributed by atoms with Crippen LogP contribution in [0, 0.1) is 0 Å². The van der Waals surface area contributed by atoms with Crippen molar-refractivity contribution in [2.75, 3.05) is 13.1 Å². The van der Waals surface area contributed by atoms with E-state index in [1.54, 1.807) is 19.3 Å². The molecular formula is C33H36N3O3. The highest BCUT2D eigenvalue weighted by atomic mass is 16.2. The summed E-state index contributed by atoms with van der Waals surface area (Å²) >= 11 is 0. The first-order valence-electron chi connectivity index (χ1n) is 13.7. The molecule has 2 N–H and O–H groups in total. The SMILES string of the molecule is CC(=O)CCCCC[C@@H](C(=O)NCCc1c(-c2ccccc2)[nH]c2ccccc12)N1C=C(/C=C/[C]=O)C=CC1. The number of para-hydroxylation sites is 1. The molecule has 0 unspecified atom stereocenters. The topological polar surface area (TPSA) is 82.3 Å². The minimum Gasteiger partial charge on any atom is -0.361 e. The number of benzene rings is 2. The molecule has 1 aromatic heterocycles. The lowest BCUT2D eigenvalue weighted by molar-refractivity contribution is -0.125. The fraction of sp³-hybridized carbons (Fsp3) is 0.303. The van der Waals surface area contributed by atoms with Crippen molar-refractivity contribution < 1.29 is 14.4 Å². The largest absolute Gasteiger partial charge is 0.361 e. The van der Waals surface area contributed by atoms with E-state index < -0.39 is 0 Å². The number of fused-ring (bicyclic) bond motifs is 1. The highest BCUT2D eigenvalue weighted by molar-refractivity contribution is 5.91. The van der Waals surface area contributed by atoms with Crippen molar-refractivity contribution in [3.63, 3.8) is 0 Å². The molecular weight excluding hydrogens is 486 g/mol. The molecule has 3 aromatic rings. The van der Waals surface area contributed by atoms with E-state index in [0.29, 0.717) is 32.4 Å². The molecule has 1 aliphatic heterocycles. The number of rotatable bonds is 14. The Morgan fingerprint density at radius 2 is 1.87 bits per heavy atom. The Hall–Kier alpha value is -4.19. The van der Waals surface area contributed by atoms with Crippen LogP contribution in [0.25, 0.3) is 22.2 Å². The van der Waals surface area contributed by atoms with Crippen LogP contribution in [0.2, 0.25) is 0 Å². The molecule has 2 heterocycles. The average Bonchev–Trinajstić information content (AvgIpc) is 3.33. The van der Waals surface area contributed by atoms with E-state index in [2.05, 4.69) is 34.6 Å². The molecule has 1 amide bonds. The van der Waals surface area contributed by atoms with Gasteiger partial charge in [0.25, 0.3) is 0 Å². The van der Waals surface area contributed by atoms with E-state index in [-0.39, 0.29) is 17.7 Å². The minimum atomic E-state index is -0.340. The predicted octanol–water partition coefficient (Wildman–Crippen LogP) is 5.82. The number of nitrogens with zero attached hydrogens (tertiary/aromatic N) is 1. The van der Waals surface area contributed by atoms with Crippen molar-refractivity contribution in [3.05, 3.63) is 96.2 Å². The van der Waals surface area contributed by atoms with Crippen LogP contribution in [-0.2, 0) is 20.8 Å². The second-order valence-corrected chi connectivity index (χ2v) is 9.93. The number of allylic oxidation sites excluding steroid dienone is 4. The maximum atomic E-state index is 13.5. The average molecular weight is 523 g/mol. The third-order valence-electron chi connectivity index (χ3n) is 7.04. The summed E-state index contributed by atoms with van der Waals surface area (Å²) in [6, 6.07) is 18.2. The first-order valence-corrected chi connectivity index (χ1v) is 13.7. The lowest BCUT2D eigenvalue weighted by atomic mass is 10.0. The lowest BCUT2D eigenvalue weighted by Crippen LogP contribution is -2.46. The Kier molecular flexibility index (Phi) is 10.1. The second-order valence-electron chi connectivity index (χ2n) is 9.93. The Morgan fingerprint density at radius 3 is 2.67 bits per heavy atom. The number of nitrogens with one attached hydrogen (secondary N) is 2. The summed E-state index contributed by atoms with van der Waals surface area (Å²) in [7, 11) is 0. The summed E-state index contributed by atoms with van der Waals surface area (Å²) in [6.45, 7) is 2.75. The van der Waals surface area contributed by atoms with Crippen LogP contribution >= 0.6 is 0 Å². The number of ketones is 1. The Morgan fingerprint density at radius 1 is 1.08 bits per heavy atom. The molecule has 0 saturated heterocycles. The molecule has 0 aliphatic carbocycles. The highest BCUT2D eigenvalue weighted by Crippen LogP contribution is 2.30. The molecule has 1 radical (unpaired) electrons. The van der Waals surface area contributed by atoms with E-state index in [1.165, 1.54) is 17.0 Å². The molecule has 39 heavy (non-hydrogen) atoms. The van der Waals surface area contributed by atoms with Crippen LogP contribution in [0.1, 0.15) is 44.6 Å². The third kappa shape index (κ3) is 7.66. The van der Waals surface area contributed by atoms with Gasteiger partial charge in [-0.3, -0.25) is 9.59 Å². The van der Waals surface area contributed by atoms with Gasteiger partial charge in [-0.25, -0.2) is 0 Å². The number of hydrogen-bond acceptors (Lipinski definition) is 4. The van der Waals surface area contributed by atoms with Crippen molar-refractivity contribution in [2.24, 2.45) is 0 Å². The number of unbranched alkanes of at least 4 members (excludes halogenated alkanes) is 2. The fourth-order valence-corrected chi connectivity index (χ4v) is 5.12. The van der Waals surface area contributed by atoms with Gasteiger partial charge in [0.15, 0.2) is 0 Å². The first-order chi connectivity index (χ1) is 19.1. The number of H-pyrrole nitrogens is 1. The van der Waals surface area contributed by atoms with E-state index in [1.807, 2.05) is 53.6 Å². The fourth-order valence-electron chi connectivity index (χ4n) is 5.12. The van der Waals surface area contributed by atoms with Crippen LogP contribution in [-0.4, -0.2) is 47.0 Å². The van der Waals surface area contributed by atoms with Gasteiger partial charge in [-0.2, -0.15) is 0 Å². The van der Waals surface area contributed by atoms with Crippen molar-refractivity contribution >= 4 is 28.9 Å². The zero-order valence-corrected chi connectivity index (χ0v) is 22.5. The molecule has 2 aromatic carbocycles. The molecule has 4 rings (SSSR count). The summed E-state index contributed by atoms with van der Waals surface area (Å²) in [4.78, 5) is 41.1. The van der Waals surface area contributed by atoms with Crippen molar-refractivity contribution in [1.82, 2.24) is 15.2 Å². The van der Waals surface area contributed by atoms with Crippen LogP contribution in [0.3, 0.4) is 0 Å². The van der Waals surface area contributed by atoms with Crippen LogP contribution < -0.4 is 5.32 Å². The molecule has 1 atom stereocenters. The van der Waals surface area contributed by atoms with Gasteiger partial charge in [0.2, 0.25) is 12.2 Å². The molecule has 0 saturated carbocycles. The molecule has 0 fully saturated rings. The lowest BCUT2D eigenvalue weighted by Gasteiger charge is -2.31. The van der Waals surface area contributed by atoms with Gasteiger partial charge in [-0.05, 0) is 61.1 Å². The maximum absolute atomic E-state index is 13.5. The van der Waals surface area contributed by atoms with Gasteiger partial charge in [-0.1, -0.05) is 73.5 Å². The zero-order chi connectivity index (χ0) is 27.5. The quantitative estimate of drug-likeness (QED) is 0.206. The van der Waals surface area contributed by atoms with Gasteiger partial charge in [0.1, 0.15) is 11.8 Å². The normalized spacial score (nSPS) is 14.0. The van der Waals surface area contributed by atoms with Crippen molar-refractivity contribution in [1.29, 1.82) is 0 Å². The first kappa shape index (κ1) is 27.8. The summed E-state index contributed by atoms with van der Waals surface area (Å²) in [5, 5.41) is 4.36. The van der Waals surface area contributed by atoms with Crippen LogP contribution in [0.4, 0.5) is 0 Å². The summed E-state index contributed by atoms with van der Waals surface area (Å²) in [6.07, 6.45) is 15.2. The van der Waals surface area contributed by atoms with Gasteiger partial charge < -0.3 is 20.0 Å². The molecule has 1 aliphatic rings. The number of hydrogen-bond donors (Lipinski definition) is 2. The van der Waals surface area contributed by atoms with Crippen molar-refractivity contribution in [3.8, 4) is 11.3 Å². The highest BCUT2D eigenvalue weighted by Gasteiger charge is 2.24. The Labute approximate surface area is 230 Å². The number of aromatic amines is 1. The monoisotopic (exact) mass is 522 g/mol. The van der Waals surface area contributed by atoms with Crippen LogP contribution in [0.15, 0.2) is 90.7 Å². The second kappa shape index (κ2) is 14.1. The summed E-state index contributed by atoms with van der Waals surface area (Å²) < 4.78 is 0. The predicted molar refractivity (Wildman–Crippen MR) is 157 cm³/mol. The summed E-state index contributed by atoms with van der Waals surface area (Å²) in [5.41, 5.74) is 5.33. The van der Waals surface area contributed by atoms with E-state index in [0.717, 1.165) is 41.6 Å². The van der Waals surface area contributed by atoms with Gasteiger partial charge in [0.05, 0.1) is 0 Å². The molecule has 0 spiro atoms. The molecule has 0 bridgehead atoms. The molecule has 6 nitrogen and oxygen atoms in total. The van der Waals surface area contributed by atoms with Crippen molar-refractivity contribution in [2.45, 2.75) is 51.5 Å². The number of Topliss-reactive ketones (excluding diaryl/α,β-unsaturated/α-hetero) is 1. The Balaban J connectivity index is 1.47. The van der Waals surface area contributed by atoms with Gasteiger partial charge in [0, 0.05) is 42.3 Å². The third-order valence-corrected chi connectivity index (χ3v) is 7.04. The standard InChI is InChI=1S/C33H36N3O3/c1-25(38)12-4-2-7-19-31(36-22-10-13-26(24-36)14-11-23-37)33(39)34-21-20-29-28-17-8-9-18-30(28)35-32(29)27-15-5-3-6-16-27/h3,5-6,8-11,13-18,24,31,35H,2,4,7,12,19-22H2,1H3,(H,34,39)/b14-11+/t31-/m0/s1. The number of carbonyl (C=O) groups excluding carboxylic acids is 3. The van der Waals surface area contributed by atoms with E-state index in [4.69, 9.17) is 0 Å². The number of carbonyl (C=O) groups is 2. The van der Waals surface area contributed by atoms with E-state index >= 15 is 0 Å². The summed E-state index contributed by atoms with van der Waals surface area (Å²) in [5.74, 6) is 0.184. The smallest absolute Gasteiger partial charge is 0.242 e. The minimum absolute atomic E-state index is 0.0144. The number of aromatic nitrogens is 1. The molecule has 6 heteroatoms. The number of amides is 1. The zero-order valence-electron chi connectivity index (χ0n) is 22.5. The van der Waals surface area contributed by atoms with Gasteiger partial charge >= 0.3 is 0 Å². The van der Waals surface area contributed by atoms with Crippen LogP contribution in [0.5, 0.6) is 0 Å². The maximum Gasteiger partial charge on any atom is 0.242 e.